The van der Waals surface area contributed by atoms with Crippen LogP contribution in [0.3, 0.4) is 0 Å². The fraction of sp³-hybridized carbons (Fsp3) is 0.0435. The first kappa shape index (κ1) is 94.6. The van der Waals surface area contributed by atoms with Crippen LogP contribution in [0.25, 0.3) is 149 Å². The van der Waals surface area contributed by atoms with E-state index in [9.17, 15) is 0 Å². The van der Waals surface area contributed by atoms with E-state index in [2.05, 4.69) is 484 Å². The monoisotopic (exact) mass is 2060 g/mol. The van der Waals surface area contributed by atoms with Crippen molar-refractivity contribution in [3.8, 4) is 66.8 Å². The number of thiophene rings is 3. The first-order chi connectivity index (χ1) is 73.5. The molecule has 2 aliphatic rings. The van der Waals surface area contributed by atoms with Crippen molar-refractivity contribution in [2.45, 2.75) is 38.5 Å². The van der Waals surface area contributed by atoms with E-state index in [0.717, 1.165) is 121 Å². The molecule has 0 spiro atoms. The Morgan fingerprint density at radius 1 is 0.193 bits per heavy atom. The van der Waals surface area contributed by atoms with Crippen molar-refractivity contribution in [3.05, 3.63) is 552 Å². The van der Waals surface area contributed by atoms with E-state index in [-0.39, 0.29) is 10.8 Å². The molecule has 720 valence electrons. The Labute approximate surface area is 904 Å². The van der Waals surface area contributed by atoms with Crippen LogP contribution in [0, 0.1) is 0 Å². The predicted molar refractivity (Wildman–Crippen MR) is 647 cm³/mol. The fourth-order valence-corrected chi connectivity index (χ4v) is 26.2. The minimum absolute atomic E-state index is 0.0998. The van der Waals surface area contributed by atoms with Gasteiger partial charge in [-0.05, 0) is 284 Å². The van der Waals surface area contributed by atoms with Gasteiger partial charge in [0.15, 0.2) is 5.58 Å². The highest BCUT2D eigenvalue weighted by Crippen LogP contribution is 2.58. The second-order valence-corrected chi connectivity index (χ2v) is 44.0. The molecule has 0 fully saturated rings. The fourth-order valence-electron chi connectivity index (χ4n) is 22.2. The third kappa shape index (κ3) is 17.7. The number of fused-ring (bicyclic) bond motifs is 18. The summed E-state index contributed by atoms with van der Waals surface area (Å²) in [5.41, 5.74) is 34.9. The van der Waals surface area contributed by atoms with Gasteiger partial charge in [-0.25, -0.2) is 0 Å². The molecule has 2 aliphatic carbocycles. The van der Waals surface area contributed by atoms with Crippen molar-refractivity contribution in [2.24, 2.45) is 0 Å². The third-order valence-electron chi connectivity index (χ3n) is 29.3. The zero-order valence-electron chi connectivity index (χ0n) is 82.4. The molecular weight excluding hydrogens is 1970 g/mol. The second kappa shape index (κ2) is 40.0. The number of furan rings is 1. The van der Waals surface area contributed by atoms with Gasteiger partial charge in [-0.3, -0.25) is 0 Å². The molecule has 26 aromatic rings. The number of hydrogen-bond acceptors (Lipinski definition) is 8. The molecule has 150 heavy (non-hydrogen) atoms. The van der Waals surface area contributed by atoms with Crippen molar-refractivity contribution in [2.75, 3.05) is 19.6 Å². The maximum atomic E-state index is 6.61. The van der Waals surface area contributed by atoms with Gasteiger partial charge >= 0.3 is 0 Å². The summed E-state index contributed by atoms with van der Waals surface area (Å²) >= 11 is 31.0. The zero-order valence-corrected chi connectivity index (χ0v) is 87.9. The lowest BCUT2D eigenvalue weighted by molar-refractivity contribution is 0.660. The van der Waals surface area contributed by atoms with Gasteiger partial charge in [-0.1, -0.05) is 383 Å². The summed E-state index contributed by atoms with van der Waals surface area (Å²) in [6, 6.07) is 180. The topological polar surface area (TPSA) is 26.1 Å². The molecule has 0 radical (unpaired) electrons. The van der Waals surface area contributed by atoms with E-state index < -0.39 is 0 Å². The van der Waals surface area contributed by atoms with Crippen LogP contribution in [-0.2, 0) is 10.8 Å². The van der Waals surface area contributed by atoms with Crippen molar-refractivity contribution < 1.29 is 4.42 Å². The summed E-state index contributed by atoms with van der Waals surface area (Å²) < 4.78 is 14.3. The molecule has 0 atom stereocenters. The predicted octanol–water partition coefficient (Wildman–Crippen LogP) is 43.5. The molecule has 0 aliphatic heterocycles. The number of hydrogen-bond donors (Lipinski definition) is 0. The third-order valence-corrected chi connectivity index (χ3v) is 33.7. The molecule has 22 aromatic carbocycles. The first-order valence-corrected chi connectivity index (χ1v) is 54.3. The van der Waals surface area contributed by atoms with Crippen LogP contribution in [0.2, 0.25) is 20.1 Å². The lowest BCUT2D eigenvalue weighted by Gasteiger charge is -2.29. The van der Waals surface area contributed by atoms with Crippen molar-refractivity contribution in [1.29, 1.82) is 0 Å². The Bertz CT molecular complexity index is 9600. The van der Waals surface area contributed by atoms with E-state index in [1.54, 1.807) is 0 Å². The Morgan fingerprint density at radius 2 is 0.547 bits per heavy atom. The van der Waals surface area contributed by atoms with Crippen molar-refractivity contribution in [1.82, 2.24) is 0 Å². The molecule has 5 nitrogen and oxygen atoms in total. The van der Waals surface area contributed by atoms with Gasteiger partial charge in [0.05, 0.1) is 22.7 Å². The van der Waals surface area contributed by atoms with E-state index in [1.807, 2.05) is 107 Å². The minimum atomic E-state index is -0.146. The van der Waals surface area contributed by atoms with Gasteiger partial charge < -0.3 is 24.0 Å². The van der Waals surface area contributed by atoms with Gasteiger partial charge in [0.2, 0.25) is 0 Å². The van der Waals surface area contributed by atoms with Crippen LogP contribution in [0.1, 0.15) is 49.9 Å². The van der Waals surface area contributed by atoms with E-state index in [0.29, 0.717) is 0 Å². The highest BCUT2D eigenvalue weighted by atomic mass is 35.5. The molecular formula is C138H96Cl4N4OS3. The van der Waals surface area contributed by atoms with Gasteiger partial charge in [0.1, 0.15) is 5.58 Å². The quantitative estimate of drug-likeness (QED) is 0.0961. The number of anilines is 12. The summed E-state index contributed by atoms with van der Waals surface area (Å²) in [4.78, 5) is 9.34. The smallest absolute Gasteiger partial charge is 0.159 e. The zero-order chi connectivity index (χ0) is 101. The average molecular weight is 2060 g/mol. The van der Waals surface area contributed by atoms with Crippen molar-refractivity contribution in [3.63, 3.8) is 0 Å². The van der Waals surface area contributed by atoms with Gasteiger partial charge in [0.25, 0.3) is 0 Å². The Kier molecular flexibility index (Phi) is 25.3. The van der Waals surface area contributed by atoms with Crippen LogP contribution in [-0.4, -0.2) is 0 Å². The molecule has 0 unspecified atom stereocenters. The summed E-state index contributed by atoms with van der Waals surface area (Å²) in [6.45, 7) is 9.36. The number of nitrogens with zero attached hydrogens (tertiary/aromatic N) is 4. The van der Waals surface area contributed by atoms with Gasteiger partial charge in [0, 0.05) is 153 Å². The number of halogens is 4. The highest BCUT2D eigenvalue weighted by Gasteiger charge is 2.40. The lowest BCUT2D eigenvalue weighted by Crippen LogP contribution is -2.16. The number of rotatable bonds is 16. The Hall–Kier alpha value is -16.3. The van der Waals surface area contributed by atoms with E-state index in [1.165, 1.54) is 138 Å². The molecule has 4 heterocycles. The largest absolute Gasteiger partial charge is 0.454 e. The second-order valence-electron chi connectivity index (χ2n) is 39.0. The van der Waals surface area contributed by atoms with Gasteiger partial charge in [-0.2, -0.15) is 0 Å². The Morgan fingerprint density at radius 3 is 1.16 bits per heavy atom. The summed E-state index contributed by atoms with van der Waals surface area (Å²) in [7, 11) is 0. The SMILES string of the molecule is CC1(C)c2cc(N(c3cccc(Cl)c3)c3cccc4sc5ccccc5c34)ccc2-c2c(-c3ccccc3)cccc21.CC1(C)c2ccccc2-c2ccc(N(c3ccc(-c4ccc(Cl)cc4)cc3)c3cccc4c3oc3ccccc34)cc21.Clc1ccc(N(c2ccccc2-c2ccccc2)c2cccc3sc4ccccc4c23)cc1.Clc1cccc(N(c2ccc(-c3ccccc3)cc2)c2ccc3sc4ccccc4c3c2)c1. The van der Waals surface area contributed by atoms with Crippen LogP contribution in [0.15, 0.2) is 514 Å². The lowest BCUT2D eigenvalue weighted by atomic mass is 9.81. The first-order valence-electron chi connectivity index (χ1n) is 50.4. The summed E-state index contributed by atoms with van der Waals surface area (Å²) in [5, 5.41) is 12.8. The molecule has 0 saturated carbocycles. The van der Waals surface area contributed by atoms with Gasteiger partial charge in [-0.15, -0.1) is 34.0 Å². The highest BCUT2D eigenvalue weighted by molar-refractivity contribution is 7.26. The van der Waals surface area contributed by atoms with E-state index in [4.69, 9.17) is 50.8 Å². The summed E-state index contributed by atoms with van der Waals surface area (Å²) in [6.07, 6.45) is 0. The standard InChI is InChI=1S/C39H28ClNO.C39H28ClNS.2C30H20ClNS/c1-39(2)34-11-5-3-8-30(34)31-23-22-29(24-35(31)39)41(28-20-16-26(17-21-28)25-14-18-27(40)19-15-25)36-12-7-10-33-32-9-4-6-13-37(32)42-38(33)36;1-39(2)32-17-9-16-29(25-11-4-3-5-12-25)37(32)30-22-21-28(24-33(30)39)41(27-14-8-13-26(40)23-27)34-18-10-20-36-38(34)31-15-6-7-19-35(31)42-36;31-22-17-19-23(20-18-22)32(26-13-6-4-11-24(26)21-9-2-1-3-10-21)27-14-8-16-29-30(27)25-12-5-7-15-28(25)33-29;31-23-9-6-10-25(19-23)32(24-15-13-22(14-16-24)21-7-2-1-3-8-21)26-17-18-30-28(20-26)27-11-4-5-12-29(27)33-30/h2*3-24H,1-2H3;2*1-20H. The molecule has 0 bridgehead atoms. The molecule has 4 aromatic heterocycles. The molecule has 0 saturated heterocycles. The average Bonchev–Trinajstić information content (AvgIpc) is 1.58. The molecule has 12 heteroatoms. The summed E-state index contributed by atoms with van der Waals surface area (Å²) in [5.74, 6) is 0. The number of para-hydroxylation sites is 3. The molecule has 0 N–H and O–H groups in total. The van der Waals surface area contributed by atoms with Crippen LogP contribution < -0.4 is 19.6 Å². The minimum Gasteiger partial charge on any atom is -0.454 e. The normalized spacial score (nSPS) is 12.4. The maximum Gasteiger partial charge on any atom is 0.159 e. The van der Waals surface area contributed by atoms with Crippen LogP contribution in [0.5, 0.6) is 0 Å². The maximum absolute atomic E-state index is 6.61. The molecule has 28 rings (SSSR count). The van der Waals surface area contributed by atoms with Crippen LogP contribution in [0.4, 0.5) is 68.2 Å². The van der Waals surface area contributed by atoms with Crippen molar-refractivity contribution >= 4 is 231 Å². The van der Waals surface area contributed by atoms with Crippen LogP contribution >= 0.6 is 80.4 Å². The Balaban J connectivity index is 0.000000104. The molecule has 0 amide bonds. The van der Waals surface area contributed by atoms with E-state index >= 15 is 0 Å². The number of benzene rings is 22.